The third-order valence-corrected chi connectivity index (χ3v) is 7.52. The molecule has 2 aromatic carbocycles. The number of ether oxygens (including phenoxy) is 1. The Balaban J connectivity index is 1.29. The molecule has 2 N–H and O–H groups in total. The highest BCUT2D eigenvalue weighted by atomic mass is 16.6. The number of amides is 1. The summed E-state index contributed by atoms with van der Waals surface area (Å²) in [7, 11) is 0. The second-order valence-corrected chi connectivity index (χ2v) is 9.96. The predicted octanol–water partition coefficient (Wildman–Crippen LogP) is 4.70. The van der Waals surface area contributed by atoms with E-state index in [0.29, 0.717) is 23.9 Å². The zero-order valence-electron chi connectivity index (χ0n) is 20.7. The molecule has 2 aromatic rings. The number of nitro groups is 1. The van der Waals surface area contributed by atoms with Gasteiger partial charge in [-0.1, -0.05) is 36.4 Å². The highest BCUT2D eigenvalue weighted by molar-refractivity contribution is 5.68. The minimum Gasteiger partial charge on any atom is -0.445 e. The van der Waals surface area contributed by atoms with Gasteiger partial charge < -0.3 is 20.3 Å². The van der Waals surface area contributed by atoms with E-state index in [1.54, 1.807) is 23.1 Å². The van der Waals surface area contributed by atoms with E-state index < -0.39 is 4.92 Å². The minimum atomic E-state index is -0.448. The number of non-ortho nitro benzene ring substituents is 1. The van der Waals surface area contributed by atoms with E-state index in [0.717, 1.165) is 45.3 Å². The standard InChI is InChI=1S/C28H36N4O4/c1-2-14-31(28(33)36-20-21-8-10-26(11-9-21)32(34)35)25-12-15-30(16-13-25)19-23-17-24(29)18-27(23)22-6-4-3-5-7-22/h2-11,23-25,27H,1,12-20,29H2. The maximum absolute atomic E-state index is 12.9. The van der Waals surface area contributed by atoms with Crippen LogP contribution in [0.1, 0.15) is 42.7 Å². The second kappa shape index (κ2) is 12.1. The Morgan fingerprint density at radius 2 is 1.83 bits per heavy atom. The number of carbonyl (C=O) groups excluding carboxylic acids is 1. The van der Waals surface area contributed by atoms with Crippen molar-refractivity contribution in [3.05, 3.63) is 88.5 Å². The lowest BCUT2D eigenvalue weighted by Crippen LogP contribution is -2.48. The lowest BCUT2D eigenvalue weighted by atomic mass is 9.88. The van der Waals surface area contributed by atoms with Gasteiger partial charge in [-0.3, -0.25) is 10.1 Å². The summed E-state index contributed by atoms with van der Waals surface area (Å²) in [6.07, 6.45) is 5.21. The zero-order valence-corrected chi connectivity index (χ0v) is 20.7. The fourth-order valence-electron chi connectivity index (χ4n) is 5.68. The van der Waals surface area contributed by atoms with Gasteiger partial charge in [0, 0.05) is 50.4 Å². The number of hydrogen-bond donors (Lipinski definition) is 1. The second-order valence-electron chi connectivity index (χ2n) is 9.96. The van der Waals surface area contributed by atoms with E-state index in [1.807, 2.05) is 0 Å². The van der Waals surface area contributed by atoms with Crippen LogP contribution >= 0.6 is 0 Å². The summed E-state index contributed by atoms with van der Waals surface area (Å²) in [5, 5.41) is 10.8. The normalized spacial score (nSPS) is 22.8. The highest BCUT2D eigenvalue weighted by Crippen LogP contribution is 2.39. The Hall–Kier alpha value is -3.23. The van der Waals surface area contributed by atoms with Crippen molar-refractivity contribution in [2.75, 3.05) is 26.2 Å². The number of hydrogen-bond acceptors (Lipinski definition) is 6. The van der Waals surface area contributed by atoms with Crippen LogP contribution in [0.15, 0.2) is 67.3 Å². The van der Waals surface area contributed by atoms with E-state index in [4.69, 9.17) is 10.5 Å². The largest absolute Gasteiger partial charge is 0.445 e. The molecule has 0 spiro atoms. The predicted molar refractivity (Wildman–Crippen MR) is 140 cm³/mol. The molecule has 2 aliphatic rings. The van der Waals surface area contributed by atoms with Gasteiger partial charge in [0.1, 0.15) is 6.61 Å². The number of carbonyl (C=O) groups is 1. The van der Waals surface area contributed by atoms with Crippen LogP contribution in [0.2, 0.25) is 0 Å². The first-order valence-corrected chi connectivity index (χ1v) is 12.7. The van der Waals surface area contributed by atoms with Crippen LogP contribution in [0.5, 0.6) is 0 Å². The minimum absolute atomic E-state index is 0.0137. The summed E-state index contributed by atoms with van der Waals surface area (Å²) in [4.78, 5) is 27.5. The van der Waals surface area contributed by atoms with Crippen molar-refractivity contribution in [3.8, 4) is 0 Å². The molecule has 1 saturated carbocycles. The molecule has 1 heterocycles. The molecule has 3 unspecified atom stereocenters. The van der Waals surface area contributed by atoms with Crippen LogP contribution in [0.25, 0.3) is 0 Å². The fraction of sp³-hybridized carbons (Fsp3) is 0.464. The Morgan fingerprint density at radius 1 is 1.14 bits per heavy atom. The third-order valence-electron chi connectivity index (χ3n) is 7.52. The zero-order chi connectivity index (χ0) is 25.5. The van der Waals surface area contributed by atoms with Crippen LogP contribution < -0.4 is 5.73 Å². The maximum atomic E-state index is 12.9. The summed E-state index contributed by atoms with van der Waals surface area (Å²) >= 11 is 0. The van der Waals surface area contributed by atoms with E-state index in [-0.39, 0.29) is 30.5 Å². The molecule has 1 saturated heterocycles. The van der Waals surface area contributed by atoms with Crippen LogP contribution in [0.3, 0.4) is 0 Å². The molecule has 1 aliphatic heterocycles. The molecular weight excluding hydrogens is 456 g/mol. The molecular formula is C28H36N4O4. The van der Waals surface area contributed by atoms with E-state index in [2.05, 4.69) is 41.8 Å². The van der Waals surface area contributed by atoms with Gasteiger partial charge in [-0.05, 0) is 60.8 Å². The van der Waals surface area contributed by atoms with Gasteiger partial charge in [-0.25, -0.2) is 4.79 Å². The molecule has 2 fully saturated rings. The molecule has 4 rings (SSSR count). The van der Waals surface area contributed by atoms with Crippen molar-refractivity contribution in [3.63, 3.8) is 0 Å². The fourth-order valence-corrected chi connectivity index (χ4v) is 5.68. The number of nitrogens with two attached hydrogens (primary N) is 1. The SMILES string of the molecule is C=CCN(C(=O)OCc1ccc([N+](=O)[O-])cc1)C1CCN(CC2CC(N)CC2c2ccccc2)CC1. The van der Waals surface area contributed by atoms with Gasteiger partial charge in [-0.15, -0.1) is 6.58 Å². The molecule has 0 bridgehead atoms. The molecule has 3 atom stereocenters. The van der Waals surface area contributed by atoms with E-state index in [9.17, 15) is 14.9 Å². The lowest BCUT2D eigenvalue weighted by molar-refractivity contribution is -0.384. The third kappa shape index (κ3) is 6.50. The Labute approximate surface area is 212 Å². The van der Waals surface area contributed by atoms with Gasteiger partial charge in [-0.2, -0.15) is 0 Å². The number of piperidine rings is 1. The molecule has 1 aliphatic carbocycles. The summed E-state index contributed by atoms with van der Waals surface area (Å²) < 4.78 is 5.55. The Kier molecular flexibility index (Phi) is 8.72. The summed E-state index contributed by atoms with van der Waals surface area (Å²) in [6.45, 7) is 7.21. The first kappa shape index (κ1) is 25.9. The van der Waals surface area contributed by atoms with Crippen molar-refractivity contribution in [2.45, 2.75) is 50.3 Å². The molecule has 0 radical (unpaired) electrons. The smallest absolute Gasteiger partial charge is 0.410 e. The first-order valence-electron chi connectivity index (χ1n) is 12.7. The number of likely N-dealkylation sites (tertiary alicyclic amines) is 1. The number of nitrogens with zero attached hydrogens (tertiary/aromatic N) is 3. The van der Waals surface area contributed by atoms with Gasteiger partial charge in [0.05, 0.1) is 4.92 Å². The molecule has 0 aromatic heterocycles. The van der Waals surface area contributed by atoms with Crippen molar-refractivity contribution in [1.82, 2.24) is 9.80 Å². The Morgan fingerprint density at radius 3 is 2.47 bits per heavy atom. The monoisotopic (exact) mass is 492 g/mol. The van der Waals surface area contributed by atoms with Gasteiger partial charge in [0.15, 0.2) is 0 Å². The van der Waals surface area contributed by atoms with Gasteiger partial charge in [0.2, 0.25) is 0 Å². The number of rotatable bonds is 9. The number of benzene rings is 2. The van der Waals surface area contributed by atoms with Gasteiger partial charge in [0.25, 0.3) is 5.69 Å². The average Bonchev–Trinajstić information content (AvgIpc) is 3.27. The summed E-state index contributed by atoms with van der Waals surface area (Å²) in [5.41, 5.74) is 8.48. The first-order chi connectivity index (χ1) is 17.4. The van der Waals surface area contributed by atoms with Crippen molar-refractivity contribution < 1.29 is 14.5 Å². The molecule has 1 amide bonds. The molecule has 8 nitrogen and oxygen atoms in total. The van der Waals surface area contributed by atoms with Crippen LogP contribution in [-0.4, -0.2) is 59.1 Å². The average molecular weight is 493 g/mol. The van der Waals surface area contributed by atoms with Crippen molar-refractivity contribution in [2.24, 2.45) is 11.7 Å². The van der Waals surface area contributed by atoms with E-state index in [1.165, 1.54) is 17.7 Å². The molecule has 192 valence electrons. The lowest BCUT2D eigenvalue weighted by Gasteiger charge is -2.39. The van der Waals surface area contributed by atoms with Crippen LogP contribution in [0.4, 0.5) is 10.5 Å². The van der Waals surface area contributed by atoms with Crippen molar-refractivity contribution >= 4 is 11.8 Å². The maximum Gasteiger partial charge on any atom is 0.410 e. The Bertz CT molecular complexity index is 1020. The summed E-state index contributed by atoms with van der Waals surface area (Å²) in [6, 6.07) is 17.1. The highest BCUT2D eigenvalue weighted by Gasteiger charge is 2.36. The van der Waals surface area contributed by atoms with Crippen LogP contribution in [0, 0.1) is 16.0 Å². The van der Waals surface area contributed by atoms with Crippen molar-refractivity contribution in [1.29, 1.82) is 0 Å². The van der Waals surface area contributed by atoms with Crippen LogP contribution in [-0.2, 0) is 11.3 Å². The molecule has 8 heteroatoms. The topological polar surface area (TPSA) is 102 Å². The van der Waals surface area contributed by atoms with E-state index >= 15 is 0 Å². The summed E-state index contributed by atoms with van der Waals surface area (Å²) in [5.74, 6) is 1.06. The quantitative estimate of drug-likeness (QED) is 0.309. The van der Waals surface area contributed by atoms with Gasteiger partial charge >= 0.3 is 6.09 Å². The number of nitro benzene ring substituents is 1. The molecule has 36 heavy (non-hydrogen) atoms.